The summed E-state index contributed by atoms with van der Waals surface area (Å²) in [6.07, 6.45) is -3.42. The minimum atomic E-state index is -4.45. The van der Waals surface area contributed by atoms with Gasteiger partial charge in [0, 0.05) is 0 Å². The van der Waals surface area contributed by atoms with Crippen LogP contribution in [-0.2, 0) is 11.6 Å². The SMILES string of the molecule is N#Cc1ccc(C(F)(F)F)cc1C1(C#N)CC1. The number of alkyl halides is 3. The zero-order valence-electron chi connectivity index (χ0n) is 8.67. The molecule has 1 aromatic rings. The molecule has 0 unspecified atom stereocenters. The smallest absolute Gasteiger partial charge is 0.197 e. The molecular weight excluding hydrogens is 229 g/mol. The molecular formula is C12H7F3N2. The normalized spacial score (nSPS) is 17.0. The molecule has 17 heavy (non-hydrogen) atoms. The average molecular weight is 236 g/mol. The quantitative estimate of drug-likeness (QED) is 0.752. The van der Waals surface area contributed by atoms with Crippen LogP contribution < -0.4 is 0 Å². The van der Waals surface area contributed by atoms with Gasteiger partial charge in [-0.2, -0.15) is 23.7 Å². The number of hydrogen-bond donors (Lipinski definition) is 0. The Morgan fingerprint density at radius 2 is 1.82 bits per heavy atom. The van der Waals surface area contributed by atoms with Gasteiger partial charge in [0.05, 0.1) is 28.7 Å². The summed E-state index contributed by atoms with van der Waals surface area (Å²) in [6.45, 7) is 0. The van der Waals surface area contributed by atoms with Crippen LogP contribution in [0, 0.1) is 22.7 Å². The van der Waals surface area contributed by atoms with Gasteiger partial charge in [0.1, 0.15) is 0 Å². The lowest BCUT2D eigenvalue weighted by atomic mass is 9.91. The van der Waals surface area contributed by atoms with Crippen molar-refractivity contribution >= 4 is 0 Å². The monoisotopic (exact) mass is 236 g/mol. The molecule has 0 atom stereocenters. The molecule has 0 amide bonds. The average Bonchev–Trinajstić information content (AvgIpc) is 3.08. The highest BCUT2D eigenvalue weighted by Gasteiger charge is 2.47. The predicted molar refractivity (Wildman–Crippen MR) is 52.7 cm³/mol. The van der Waals surface area contributed by atoms with E-state index in [-0.39, 0.29) is 11.1 Å². The Hall–Kier alpha value is -2.01. The summed E-state index contributed by atoms with van der Waals surface area (Å²) in [5.74, 6) is 0. The Bertz CT molecular complexity index is 542. The molecule has 0 spiro atoms. The van der Waals surface area contributed by atoms with Crippen LogP contribution in [0.4, 0.5) is 13.2 Å². The zero-order chi connectivity index (χ0) is 12.7. The van der Waals surface area contributed by atoms with Gasteiger partial charge in [-0.15, -0.1) is 0 Å². The fraction of sp³-hybridized carbons (Fsp3) is 0.333. The molecule has 2 rings (SSSR count). The largest absolute Gasteiger partial charge is 0.416 e. The number of halogens is 3. The molecule has 1 fully saturated rings. The van der Waals surface area contributed by atoms with Crippen LogP contribution in [0.3, 0.4) is 0 Å². The van der Waals surface area contributed by atoms with Crippen molar-refractivity contribution in [2.24, 2.45) is 0 Å². The van der Waals surface area contributed by atoms with Crippen LogP contribution in [0.15, 0.2) is 18.2 Å². The Balaban J connectivity index is 2.58. The topological polar surface area (TPSA) is 47.6 Å². The fourth-order valence-electron chi connectivity index (χ4n) is 1.78. The van der Waals surface area contributed by atoms with E-state index in [0.29, 0.717) is 12.8 Å². The minimum Gasteiger partial charge on any atom is -0.197 e. The molecule has 86 valence electrons. The Labute approximate surface area is 95.9 Å². The number of hydrogen-bond acceptors (Lipinski definition) is 2. The van der Waals surface area contributed by atoms with Crippen molar-refractivity contribution in [1.29, 1.82) is 10.5 Å². The van der Waals surface area contributed by atoms with Gasteiger partial charge in [-0.05, 0) is 36.6 Å². The Kier molecular flexibility index (Phi) is 2.36. The summed E-state index contributed by atoms with van der Waals surface area (Å²) >= 11 is 0. The van der Waals surface area contributed by atoms with Crippen molar-refractivity contribution in [2.75, 3.05) is 0 Å². The van der Waals surface area contributed by atoms with Crippen molar-refractivity contribution in [2.45, 2.75) is 24.4 Å². The molecule has 0 heterocycles. The Morgan fingerprint density at radius 1 is 1.18 bits per heavy atom. The van der Waals surface area contributed by atoms with Crippen molar-refractivity contribution in [1.82, 2.24) is 0 Å². The molecule has 0 N–H and O–H groups in total. The van der Waals surface area contributed by atoms with Crippen molar-refractivity contribution < 1.29 is 13.2 Å². The van der Waals surface area contributed by atoms with Gasteiger partial charge in [-0.3, -0.25) is 0 Å². The van der Waals surface area contributed by atoms with E-state index >= 15 is 0 Å². The van der Waals surface area contributed by atoms with Crippen molar-refractivity contribution in [3.05, 3.63) is 34.9 Å². The van der Waals surface area contributed by atoms with Gasteiger partial charge in [-0.25, -0.2) is 0 Å². The minimum absolute atomic E-state index is 0.150. The lowest BCUT2D eigenvalue weighted by molar-refractivity contribution is -0.137. The summed E-state index contributed by atoms with van der Waals surface area (Å²) in [6, 6.07) is 6.77. The highest BCUT2D eigenvalue weighted by molar-refractivity contribution is 5.51. The third-order valence-electron chi connectivity index (χ3n) is 2.95. The van der Waals surface area contributed by atoms with Crippen LogP contribution in [0.2, 0.25) is 0 Å². The van der Waals surface area contributed by atoms with Gasteiger partial charge in [0.25, 0.3) is 0 Å². The second-order valence-electron chi connectivity index (χ2n) is 4.06. The fourth-order valence-corrected chi connectivity index (χ4v) is 1.78. The number of nitriles is 2. The summed E-state index contributed by atoms with van der Waals surface area (Å²) in [4.78, 5) is 0. The van der Waals surface area contributed by atoms with Crippen LogP contribution in [0.1, 0.15) is 29.5 Å². The molecule has 1 aromatic carbocycles. The lowest BCUT2D eigenvalue weighted by Crippen LogP contribution is -2.11. The summed E-state index contributed by atoms with van der Waals surface area (Å²) in [7, 11) is 0. The van der Waals surface area contributed by atoms with Crippen molar-refractivity contribution in [3.63, 3.8) is 0 Å². The van der Waals surface area contributed by atoms with E-state index in [1.807, 2.05) is 12.1 Å². The Morgan fingerprint density at radius 3 is 2.24 bits per heavy atom. The van der Waals surface area contributed by atoms with Gasteiger partial charge in [0.2, 0.25) is 0 Å². The van der Waals surface area contributed by atoms with E-state index in [2.05, 4.69) is 0 Å². The molecule has 1 saturated carbocycles. The summed E-state index contributed by atoms with van der Waals surface area (Å²) < 4.78 is 37.7. The van der Waals surface area contributed by atoms with Gasteiger partial charge >= 0.3 is 6.18 Å². The van der Waals surface area contributed by atoms with Crippen LogP contribution in [-0.4, -0.2) is 0 Å². The highest BCUT2D eigenvalue weighted by atomic mass is 19.4. The standard InChI is InChI=1S/C12H7F3N2/c13-12(14,15)9-2-1-8(6-16)10(5-9)11(7-17)3-4-11/h1-2,5H,3-4H2. The third kappa shape index (κ3) is 1.85. The first kappa shape index (κ1) is 11.5. The number of nitrogens with zero attached hydrogens (tertiary/aromatic N) is 2. The van der Waals surface area contributed by atoms with E-state index in [1.54, 1.807) is 0 Å². The van der Waals surface area contributed by atoms with E-state index in [9.17, 15) is 13.2 Å². The molecule has 5 heteroatoms. The molecule has 0 aromatic heterocycles. The molecule has 0 aliphatic heterocycles. The van der Waals surface area contributed by atoms with Crippen LogP contribution >= 0.6 is 0 Å². The first-order valence-corrected chi connectivity index (χ1v) is 4.96. The highest BCUT2D eigenvalue weighted by Crippen LogP contribution is 2.49. The number of rotatable bonds is 1. The second kappa shape index (κ2) is 3.49. The maximum atomic E-state index is 12.6. The van der Waals surface area contributed by atoms with E-state index in [4.69, 9.17) is 10.5 Å². The molecule has 0 saturated heterocycles. The van der Waals surface area contributed by atoms with E-state index in [0.717, 1.165) is 18.2 Å². The summed E-state index contributed by atoms with van der Waals surface area (Å²) in [5.41, 5.74) is -1.34. The zero-order valence-corrected chi connectivity index (χ0v) is 8.67. The van der Waals surface area contributed by atoms with Gasteiger partial charge < -0.3 is 0 Å². The maximum absolute atomic E-state index is 12.6. The van der Waals surface area contributed by atoms with Gasteiger partial charge in [0.15, 0.2) is 0 Å². The third-order valence-corrected chi connectivity index (χ3v) is 2.95. The molecule has 1 aliphatic rings. The predicted octanol–water partition coefficient (Wildman–Crippen LogP) is 3.13. The first-order chi connectivity index (χ1) is 7.93. The lowest BCUT2D eigenvalue weighted by Gasteiger charge is -2.12. The molecule has 2 nitrogen and oxygen atoms in total. The number of benzene rings is 1. The summed E-state index contributed by atoms with van der Waals surface area (Å²) in [5, 5.41) is 17.8. The first-order valence-electron chi connectivity index (χ1n) is 4.96. The van der Waals surface area contributed by atoms with E-state index < -0.39 is 17.2 Å². The van der Waals surface area contributed by atoms with Crippen molar-refractivity contribution in [3.8, 4) is 12.1 Å². The molecule has 0 bridgehead atoms. The van der Waals surface area contributed by atoms with Gasteiger partial charge in [-0.1, -0.05) is 0 Å². The molecule has 0 radical (unpaired) electrons. The van der Waals surface area contributed by atoms with Crippen LogP contribution in [0.5, 0.6) is 0 Å². The van der Waals surface area contributed by atoms with E-state index in [1.165, 1.54) is 0 Å². The maximum Gasteiger partial charge on any atom is 0.416 e. The molecule has 1 aliphatic carbocycles. The second-order valence-corrected chi connectivity index (χ2v) is 4.06. The van der Waals surface area contributed by atoms with Crippen LogP contribution in [0.25, 0.3) is 0 Å².